The second-order valence-corrected chi connectivity index (χ2v) is 1.75. The summed E-state index contributed by atoms with van der Waals surface area (Å²) < 4.78 is 0. The normalized spacial score (nSPS) is 8.33. The minimum atomic E-state index is 0.673. The molecule has 1 aromatic rings. The Bertz CT molecular complexity index is 247. The van der Waals surface area contributed by atoms with Gasteiger partial charge in [0.2, 0.25) is 0 Å². The lowest BCUT2D eigenvalue weighted by Crippen LogP contribution is -2.17. The highest BCUT2D eigenvalue weighted by atomic mass is 14.5. The van der Waals surface area contributed by atoms with E-state index in [0.29, 0.717) is 5.69 Å². The second-order valence-electron chi connectivity index (χ2n) is 1.75. The highest BCUT2D eigenvalue weighted by Crippen LogP contribution is 2.03. The third-order valence-corrected chi connectivity index (χ3v) is 1.03. The average Bonchev–Trinajstić information content (AvgIpc) is 1.88. The van der Waals surface area contributed by atoms with E-state index >= 15 is 0 Å². The summed E-state index contributed by atoms with van der Waals surface area (Å²) in [5.74, 6) is 0. The van der Waals surface area contributed by atoms with Crippen LogP contribution in [0.3, 0.4) is 0 Å². The standard InChI is InChI=1S/C7H6N2/c8-5-6-2-1-3-7(9)4-6/h1-4H,9H2/p+1. The van der Waals surface area contributed by atoms with E-state index < -0.39 is 0 Å². The summed E-state index contributed by atoms with van der Waals surface area (Å²) in [5, 5.41) is 6.73. The molecule has 0 amide bonds. The van der Waals surface area contributed by atoms with E-state index in [0.717, 1.165) is 5.56 Å². The molecule has 0 unspecified atom stereocenters. The third-order valence-electron chi connectivity index (χ3n) is 1.03. The number of nitrogens with one attached hydrogen (secondary N) is 1. The van der Waals surface area contributed by atoms with Gasteiger partial charge in [0.15, 0.2) is 0 Å². The van der Waals surface area contributed by atoms with Crippen molar-refractivity contribution in [2.75, 3.05) is 5.73 Å². The molecule has 0 heterocycles. The summed E-state index contributed by atoms with van der Waals surface area (Å²) in [7, 11) is 0. The summed E-state index contributed by atoms with van der Waals surface area (Å²) in [5.41, 5.74) is 6.80. The van der Waals surface area contributed by atoms with Crippen LogP contribution in [0.25, 0.3) is 0 Å². The molecule has 0 atom stereocenters. The molecule has 0 bridgehead atoms. The van der Waals surface area contributed by atoms with Crippen LogP contribution in [0.15, 0.2) is 24.3 Å². The molecule has 2 nitrogen and oxygen atoms in total. The molecule has 3 N–H and O–H groups in total. The maximum Gasteiger partial charge on any atom is 0.308 e. The largest absolute Gasteiger partial charge is 0.399 e. The second kappa shape index (κ2) is 2.19. The van der Waals surface area contributed by atoms with Crippen LogP contribution < -0.4 is 11.0 Å². The van der Waals surface area contributed by atoms with Crippen molar-refractivity contribution in [3.63, 3.8) is 0 Å². The lowest BCUT2D eigenvalue weighted by molar-refractivity contribution is -0.0909. The van der Waals surface area contributed by atoms with Crippen molar-refractivity contribution in [3.8, 4) is 6.07 Å². The van der Waals surface area contributed by atoms with Crippen LogP contribution in [-0.4, -0.2) is 0 Å². The summed E-state index contributed by atoms with van der Waals surface area (Å²) in [6.07, 6.45) is 0. The Balaban J connectivity index is 3.12. The molecule has 0 spiro atoms. The zero-order valence-corrected chi connectivity index (χ0v) is 4.89. The predicted molar refractivity (Wildman–Crippen MR) is 34.8 cm³/mol. The van der Waals surface area contributed by atoms with Crippen molar-refractivity contribution in [2.45, 2.75) is 0 Å². The van der Waals surface area contributed by atoms with Gasteiger partial charge in [0.1, 0.15) is 5.56 Å². The SMILES string of the molecule is [NH+]#Cc1cccc(N)c1. The van der Waals surface area contributed by atoms with Gasteiger partial charge in [0, 0.05) is 5.69 Å². The quantitative estimate of drug-likeness (QED) is 0.440. The Morgan fingerprint density at radius 3 is 2.67 bits per heavy atom. The van der Waals surface area contributed by atoms with E-state index in [1.807, 2.05) is 0 Å². The Morgan fingerprint density at radius 2 is 2.22 bits per heavy atom. The summed E-state index contributed by atoms with van der Waals surface area (Å²) >= 11 is 0. The van der Waals surface area contributed by atoms with Crippen LogP contribution in [0.2, 0.25) is 0 Å². The van der Waals surface area contributed by atoms with Crippen LogP contribution in [0, 0.1) is 6.07 Å². The summed E-state index contributed by atoms with van der Waals surface area (Å²) in [6, 6.07) is 9.30. The molecule has 0 saturated heterocycles. The minimum Gasteiger partial charge on any atom is -0.399 e. The fraction of sp³-hybridized carbons (Fsp3) is 0. The van der Waals surface area contributed by atoms with Gasteiger partial charge in [-0.05, 0) is 18.2 Å². The Kier molecular flexibility index (Phi) is 1.37. The van der Waals surface area contributed by atoms with Gasteiger partial charge < -0.3 is 5.73 Å². The van der Waals surface area contributed by atoms with Gasteiger partial charge in [0.25, 0.3) is 0 Å². The fourth-order valence-electron chi connectivity index (χ4n) is 0.616. The van der Waals surface area contributed by atoms with E-state index in [1.165, 1.54) is 0 Å². The average molecular weight is 119 g/mol. The zero-order valence-electron chi connectivity index (χ0n) is 4.89. The summed E-state index contributed by atoms with van der Waals surface area (Å²) in [4.78, 5) is 0. The van der Waals surface area contributed by atoms with E-state index in [-0.39, 0.29) is 0 Å². The maximum atomic E-state index is 6.73. The first-order chi connectivity index (χ1) is 4.33. The van der Waals surface area contributed by atoms with Gasteiger partial charge in [-0.1, -0.05) is 11.3 Å². The van der Waals surface area contributed by atoms with Crippen molar-refractivity contribution in [2.24, 2.45) is 0 Å². The Morgan fingerprint density at radius 1 is 1.44 bits per heavy atom. The zero-order chi connectivity index (χ0) is 6.69. The van der Waals surface area contributed by atoms with Crippen LogP contribution in [0.5, 0.6) is 0 Å². The maximum absolute atomic E-state index is 6.73. The molecule has 0 fully saturated rings. The van der Waals surface area contributed by atoms with Crippen LogP contribution in [0.4, 0.5) is 5.69 Å². The first-order valence-corrected chi connectivity index (χ1v) is 2.61. The first kappa shape index (κ1) is 5.64. The lowest BCUT2D eigenvalue weighted by Gasteiger charge is -1.87. The number of benzene rings is 1. The molecule has 0 aliphatic rings. The minimum absolute atomic E-state index is 0.673. The van der Waals surface area contributed by atoms with Crippen molar-refractivity contribution >= 4 is 5.69 Å². The number of hydrogen-bond donors (Lipinski definition) is 2. The van der Waals surface area contributed by atoms with Crippen LogP contribution >= 0.6 is 0 Å². The smallest absolute Gasteiger partial charge is 0.308 e. The molecule has 44 valence electrons. The summed E-state index contributed by atoms with van der Waals surface area (Å²) in [6.45, 7) is 0. The van der Waals surface area contributed by atoms with Crippen molar-refractivity contribution < 1.29 is 5.26 Å². The van der Waals surface area contributed by atoms with Crippen LogP contribution in [0.1, 0.15) is 5.56 Å². The Hall–Kier alpha value is -1.49. The number of anilines is 1. The third kappa shape index (κ3) is 1.20. The van der Waals surface area contributed by atoms with Gasteiger partial charge in [-0.25, -0.2) is 0 Å². The van der Waals surface area contributed by atoms with Crippen LogP contribution in [-0.2, 0) is 0 Å². The molecule has 1 rings (SSSR count). The first-order valence-electron chi connectivity index (χ1n) is 2.61. The van der Waals surface area contributed by atoms with E-state index in [9.17, 15) is 0 Å². The van der Waals surface area contributed by atoms with Gasteiger partial charge >= 0.3 is 6.07 Å². The van der Waals surface area contributed by atoms with E-state index in [4.69, 9.17) is 11.0 Å². The highest BCUT2D eigenvalue weighted by Gasteiger charge is 1.90. The Labute approximate surface area is 53.5 Å². The van der Waals surface area contributed by atoms with Crippen molar-refractivity contribution in [3.05, 3.63) is 29.8 Å². The monoisotopic (exact) mass is 119 g/mol. The molecule has 0 radical (unpaired) electrons. The molecule has 2 heteroatoms. The van der Waals surface area contributed by atoms with Crippen molar-refractivity contribution in [1.29, 1.82) is 0 Å². The van der Waals surface area contributed by atoms with E-state index in [1.54, 1.807) is 24.3 Å². The highest BCUT2D eigenvalue weighted by molar-refractivity contribution is 5.44. The molecule has 9 heavy (non-hydrogen) atoms. The van der Waals surface area contributed by atoms with E-state index in [2.05, 4.69) is 6.07 Å². The molecular weight excluding hydrogens is 112 g/mol. The number of rotatable bonds is 0. The predicted octanol–water partition coefficient (Wildman–Crippen LogP) is -0.610. The number of hydrogen-bond acceptors (Lipinski definition) is 1. The van der Waals surface area contributed by atoms with Gasteiger partial charge in [-0.3, -0.25) is 0 Å². The van der Waals surface area contributed by atoms with Gasteiger partial charge in [-0.15, -0.1) is 0 Å². The van der Waals surface area contributed by atoms with Gasteiger partial charge in [0.05, 0.1) is 0 Å². The van der Waals surface area contributed by atoms with Crippen molar-refractivity contribution in [1.82, 2.24) is 0 Å². The molecule has 0 aliphatic heterocycles. The number of nitrogens with two attached hydrogens (primary N) is 1. The topological polar surface area (TPSA) is 49.8 Å². The molecule has 0 saturated carbocycles. The van der Waals surface area contributed by atoms with Gasteiger partial charge in [-0.2, -0.15) is 0 Å². The molecule has 0 aromatic heterocycles. The molecule has 1 aromatic carbocycles. The fourth-order valence-corrected chi connectivity index (χ4v) is 0.616. The number of nitrogen functional groups attached to an aromatic ring is 1. The molecule has 0 aliphatic carbocycles. The molecular formula is C7H7N2+. The lowest BCUT2D eigenvalue weighted by atomic mass is 10.2.